The molecule has 2 unspecified atom stereocenters. The first-order chi connectivity index (χ1) is 39.0. The highest BCUT2D eigenvalue weighted by atomic mass is 16.5. The molecule has 0 saturated heterocycles. The number of aliphatic hydroxyl groups is 2. The van der Waals surface area contributed by atoms with Gasteiger partial charge in [-0.3, -0.25) is 9.59 Å². The Kier molecular flexibility index (Phi) is 67.4. The fourth-order valence-electron chi connectivity index (χ4n) is 11.5. The molecule has 3 N–H and O–H groups in total. The molecule has 468 valence electrons. The van der Waals surface area contributed by atoms with Gasteiger partial charge in [0.1, 0.15) is 0 Å². The number of nitrogens with one attached hydrogen (secondary N) is 1. The van der Waals surface area contributed by atoms with E-state index in [0.29, 0.717) is 19.4 Å². The van der Waals surface area contributed by atoms with Crippen molar-refractivity contribution in [2.24, 2.45) is 0 Å². The number of ether oxygens (including phenoxy) is 1. The lowest BCUT2D eigenvalue weighted by atomic mass is 10.0. The monoisotopic (exact) mass is 1110 g/mol. The Balaban J connectivity index is 3.30. The summed E-state index contributed by atoms with van der Waals surface area (Å²) in [6.45, 7) is 4.90. The topological polar surface area (TPSA) is 95.9 Å². The van der Waals surface area contributed by atoms with Crippen LogP contribution in [0.2, 0.25) is 0 Å². The molecule has 0 saturated carbocycles. The average Bonchev–Trinajstić information content (AvgIpc) is 3.45. The summed E-state index contributed by atoms with van der Waals surface area (Å²) in [5.41, 5.74) is 0. The van der Waals surface area contributed by atoms with Gasteiger partial charge in [0.25, 0.3) is 0 Å². The Morgan fingerprint density at radius 2 is 0.595 bits per heavy atom. The van der Waals surface area contributed by atoms with Crippen LogP contribution in [0.3, 0.4) is 0 Å². The van der Waals surface area contributed by atoms with E-state index in [1.807, 2.05) is 6.08 Å². The molecule has 0 aliphatic carbocycles. The molecule has 0 bridgehead atoms. The van der Waals surface area contributed by atoms with Gasteiger partial charge in [0, 0.05) is 12.8 Å². The summed E-state index contributed by atoms with van der Waals surface area (Å²) in [6.07, 6.45) is 87.2. The summed E-state index contributed by atoms with van der Waals surface area (Å²) in [5, 5.41) is 23.1. The van der Waals surface area contributed by atoms with Crippen molar-refractivity contribution in [3.05, 3.63) is 24.3 Å². The molecule has 1 amide bonds. The van der Waals surface area contributed by atoms with Crippen molar-refractivity contribution in [2.45, 2.75) is 418 Å². The van der Waals surface area contributed by atoms with Gasteiger partial charge in [-0.2, -0.15) is 0 Å². The predicted molar refractivity (Wildman–Crippen MR) is 347 cm³/mol. The molecule has 0 rings (SSSR count). The molecule has 0 radical (unpaired) electrons. The number of hydrogen-bond acceptors (Lipinski definition) is 5. The Morgan fingerprint density at radius 1 is 0.342 bits per heavy atom. The zero-order valence-corrected chi connectivity index (χ0v) is 53.6. The van der Waals surface area contributed by atoms with Crippen LogP contribution in [-0.4, -0.2) is 47.4 Å². The number of unbranched alkanes of at least 4 members (excludes halogenated alkanes) is 55. The number of carbonyl (C=O) groups excluding carboxylic acids is 2. The lowest BCUT2D eigenvalue weighted by Gasteiger charge is -2.20. The van der Waals surface area contributed by atoms with Gasteiger partial charge in [-0.05, 0) is 57.8 Å². The van der Waals surface area contributed by atoms with E-state index in [1.54, 1.807) is 6.08 Å². The van der Waals surface area contributed by atoms with Gasteiger partial charge in [-0.1, -0.05) is 359 Å². The molecular weight excluding hydrogens is 971 g/mol. The summed E-state index contributed by atoms with van der Waals surface area (Å²) in [4.78, 5) is 24.5. The number of hydrogen-bond donors (Lipinski definition) is 3. The predicted octanol–water partition coefficient (Wildman–Crippen LogP) is 23.3. The molecule has 79 heavy (non-hydrogen) atoms. The summed E-state index contributed by atoms with van der Waals surface area (Å²) < 4.78 is 5.48. The zero-order valence-electron chi connectivity index (χ0n) is 53.6. The van der Waals surface area contributed by atoms with Crippen molar-refractivity contribution in [3.8, 4) is 0 Å². The standard InChI is InChI=1S/C73H141NO5/c1-3-5-7-9-11-13-15-42-45-49-53-57-61-65-71(76)70(69-75)74-72(77)66-62-58-54-50-46-43-40-38-36-34-32-30-28-26-24-22-20-18-17-19-21-23-25-27-29-31-33-35-37-39-41-44-48-52-56-60-64-68-79-73(78)67-63-59-55-51-47-16-14-12-10-8-6-4-2/h12,14,61,65,70-71,75-76H,3-11,13,15-60,62-64,66-69H2,1-2H3,(H,74,77)/b14-12-,65-61+. The normalized spacial score (nSPS) is 12.6. The van der Waals surface area contributed by atoms with Gasteiger partial charge in [0.05, 0.1) is 25.4 Å². The molecule has 0 aliphatic rings. The van der Waals surface area contributed by atoms with Crippen molar-refractivity contribution < 1.29 is 24.5 Å². The van der Waals surface area contributed by atoms with Crippen LogP contribution in [-0.2, 0) is 14.3 Å². The second-order valence-corrected chi connectivity index (χ2v) is 24.9. The molecule has 0 fully saturated rings. The molecule has 0 aromatic heterocycles. The van der Waals surface area contributed by atoms with Crippen molar-refractivity contribution in [1.82, 2.24) is 5.32 Å². The van der Waals surface area contributed by atoms with Crippen LogP contribution in [0.25, 0.3) is 0 Å². The SMILES string of the molecule is CCCCC/C=C\CCCCCCCC(=O)OCCCCCCCCCCCCCCCCCCCCCCCCCCCCCCCCCCCCCCCC(=O)NC(CO)C(O)/C=C/CCCCCCCCCCCCC. The van der Waals surface area contributed by atoms with Crippen LogP contribution in [0.1, 0.15) is 406 Å². The summed E-state index contributed by atoms with van der Waals surface area (Å²) in [6, 6.07) is -0.622. The van der Waals surface area contributed by atoms with Gasteiger partial charge in [-0.15, -0.1) is 0 Å². The smallest absolute Gasteiger partial charge is 0.305 e. The highest BCUT2D eigenvalue weighted by Gasteiger charge is 2.18. The Bertz CT molecular complexity index is 1230. The van der Waals surface area contributed by atoms with E-state index in [1.165, 1.54) is 334 Å². The molecule has 6 heteroatoms. The van der Waals surface area contributed by atoms with Crippen LogP contribution in [0.5, 0.6) is 0 Å². The number of aliphatic hydroxyl groups excluding tert-OH is 2. The van der Waals surface area contributed by atoms with E-state index in [2.05, 4.69) is 31.3 Å². The second-order valence-electron chi connectivity index (χ2n) is 24.9. The van der Waals surface area contributed by atoms with Gasteiger partial charge in [0.15, 0.2) is 0 Å². The van der Waals surface area contributed by atoms with Gasteiger partial charge in [-0.25, -0.2) is 0 Å². The minimum absolute atomic E-state index is 0.0134. The van der Waals surface area contributed by atoms with E-state index in [-0.39, 0.29) is 18.5 Å². The summed E-state index contributed by atoms with van der Waals surface area (Å²) in [5.74, 6) is -0.0470. The maximum Gasteiger partial charge on any atom is 0.305 e. The van der Waals surface area contributed by atoms with E-state index < -0.39 is 12.1 Å². The largest absolute Gasteiger partial charge is 0.466 e. The van der Waals surface area contributed by atoms with Gasteiger partial charge < -0.3 is 20.3 Å². The quantitative estimate of drug-likeness (QED) is 0.0320. The molecule has 0 heterocycles. The fourth-order valence-corrected chi connectivity index (χ4v) is 11.5. The third kappa shape index (κ3) is 65.4. The molecule has 2 atom stereocenters. The zero-order chi connectivity index (χ0) is 57.1. The number of carbonyl (C=O) groups is 2. The van der Waals surface area contributed by atoms with E-state index >= 15 is 0 Å². The minimum Gasteiger partial charge on any atom is -0.466 e. The molecule has 0 spiro atoms. The number of esters is 1. The number of rotatable bonds is 68. The second kappa shape index (κ2) is 68.8. The molecule has 6 nitrogen and oxygen atoms in total. The van der Waals surface area contributed by atoms with E-state index in [0.717, 1.165) is 44.9 Å². The van der Waals surface area contributed by atoms with Gasteiger partial charge in [0.2, 0.25) is 5.91 Å². The first kappa shape index (κ1) is 77.3. The van der Waals surface area contributed by atoms with Crippen molar-refractivity contribution in [2.75, 3.05) is 13.2 Å². The van der Waals surface area contributed by atoms with Gasteiger partial charge >= 0.3 is 5.97 Å². The first-order valence-corrected chi connectivity index (χ1v) is 36.1. The molecular formula is C73H141NO5. The highest BCUT2D eigenvalue weighted by Crippen LogP contribution is 2.19. The lowest BCUT2D eigenvalue weighted by molar-refractivity contribution is -0.143. The van der Waals surface area contributed by atoms with Crippen LogP contribution in [0.15, 0.2) is 24.3 Å². The molecule has 0 aromatic carbocycles. The third-order valence-electron chi connectivity index (χ3n) is 17.0. The Labute approximate surface area is 494 Å². The minimum atomic E-state index is -0.839. The van der Waals surface area contributed by atoms with Crippen molar-refractivity contribution in [1.29, 1.82) is 0 Å². The van der Waals surface area contributed by atoms with Crippen LogP contribution in [0.4, 0.5) is 0 Å². The summed E-state index contributed by atoms with van der Waals surface area (Å²) >= 11 is 0. The number of amides is 1. The van der Waals surface area contributed by atoms with Crippen LogP contribution >= 0.6 is 0 Å². The van der Waals surface area contributed by atoms with Crippen molar-refractivity contribution in [3.63, 3.8) is 0 Å². The molecule has 0 aromatic rings. The van der Waals surface area contributed by atoms with Crippen molar-refractivity contribution >= 4 is 11.9 Å². The highest BCUT2D eigenvalue weighted by molar-refractivity contribution is 5.76. The molecule has 0 aliphatic heterocycles. The Hall–Kier alpha value is -1.66. The maximum atomic E-state index is 12.5. The summed E-state index contributed by atoms with van der Waals surface area (Å²) in [7, 11) is 0. The fraction of sp³-hybridized carbons (Fsp3) is 0.918. The average molecular weight is 1110 g/mol. The lowest BCUT2D eigenvalue weighted by Crippen LogP contribution is -2.45. The van der Waals surface area contributed by atoms with Crippen LogP contribution < -0.4 is 5.32 Å². The van der Waals surface area contributed by atoms with E-state index in [9.17, 15) is 19.8 Å². The Morgan fingerprint density at radius 3 is 0.924 bits per heavy atom. The maximum absolute atomic E-state index is 12.5. The van der Waals surface area contributed by atoms with Crippen LogP contribution in [0, 0.1) is 0 Å². The first-order valence-electron chi connectivity index (χ1n) is 36.1. The third-order valence-corrected chi connectivity index (χ3v) is 17.0. The number of allylic oxidation sites excluding steroid dienone is 3. The van der Waals surface area contributed by atoms with E-state index in [4.69, 9.17) is 4.74 Å².